The van der Waals surface area contributed by atoms with Crippen LogP contribution in [0, 0.1) is 6.92 Å². The van der Waals surface area contributed by atoms with Crippen LogP contribution in [0.15, 0.2) is 206 Å². The molecule has 10 nitrogen and oxygen atoms in total. The first-order valence-electron chi connectivity index (χ1n) is 23.7. The van der Waals surface area contributed by atoms with Crippen molar-refractivity contribution in [2.45, 2.75) is 52.0 Å². The Kier molecular flexibility index (Phi) is 15.6. The molecule has 0 bridgehead atoms. The Morgan fingerprint density at radius 1 is 0.493 bits per heavy atom. The summed E-state index contributed by atoms with van der Waals surface area (Å²) in [6.07, 6.45) is -0.662. The van der Waals surface area contributed by atoms with Gasteiger partial charge in [0, 0.05) is 42.4 Å². The van der Waals surface area contributed by atoms with Crippen LogP contribution in [0.5, 0.6) is 23.0 Å². The third-order valence-corrected chi connectivity index (χ3v) is 12.3. The van der Waals surface area contributed by atoms with Gasteiger partial charge < -0.3 is 29.0 Å². The Morgan fingerprint density at radius 2 is 0.944 bits per heavy atom. The second-order valence-electron chi connectivity index (χ2n) is 17.4. The first-order chi connectivity index (χ1) is 34.8. The van der Waals surface area contributed by atoms with Crippen molar-refractivity contribution in [1.29, 1.82) is 0 Å². The van der Waals surface area contributed by atoms with Crippen molar-refractivity contribution in [3.63, 3.8) is 0 Å². The van der Waals surface area contributed by atoms with Gasteiger partial charge in [-0.2, -0.15) is 0 Å². The highest BCUT2D eigenvalue weighted by atomic mass is 16.5. The lowest BCUT2D eigenvalue weighted by atomic mass is 9.96. The van der Waals surface area contributed by atoms with Crippen LogP contribution >= 0.6 is 0 Å². The number of likely N-dealkylation sites (tertiary alicyclic amines) is 1. The van der Waals surface area contributed by atoms with Gasteiger partial charge in [-0.05, 0) is 71.1 Å². The van der Waals surface area contributed by atoms with E-state index >= 15 is 0 Å². The summed E-state index contributed by atoms with van der Waals surface area (Å²) in [5.41, 5.74) is 6.84. The van der Waals surface area contributed by atoms with Gasteiger partial charge in [0.1, 0.15) is 44.0 Å². The predicted molar refractivity (Wildman–Crippen MR) is 273 cm³/mol. The number of ether oxygens (including phenoxy) is 5. The Labute approximate surface area is 414 Å². The highest BCUT2D eigenvalue weighted by Gasteiger charge is 2.37. The largest absolute Gasteiger partial charge is 0.489 e. The molecule has 10 heteroatoms. The fraction of sp³-hybridized carbons (Fsp3) is 0.164. The van der Waals surface area contributed by atoms with Gasteiger partial charge in [-0.15, -0.1) is 0 Å². The second-order valence-corrected chi connectivity index (χ2v) is 17.4. The first kappa shape index (κ1) is 47.6. The highest BCUT2D eigenvalue weighted by molar-refractivity contribution is 6.13. The van der Waals surface area contributed by atoms with Crippen molar-refractivity contribution in [3.05, 3.63) is 262 Å². The molecule has 1 aliphatic heterocycles. The van der Waals surface area contributed by atoms with Crippen molar-refractivity contribution in [2.75, 3.05) is 13.1 Å². The van der Waals surface area contributed by atoms with Gasteiger partial charge in [0.05, 0.1) is 17.2 Å². The zero-order valence-corrected chi connectivity index (χ0v) is 39.4. The van der Waals surface area contributed by atoms with Crippen molar-refractivity contribution in [1.82, 2.24) is 10.2 Å². The molecule has 0 spiro atoms. The number of nitrogens with one attached hydrogen (secondary N) is 1. The lowest BCUT2D eigenvalue weighted by Crippen LogP contribution is -2.44. The van der Waals surface area contributed by atoms with Gasteiger partial charge in [-0.25, -0.2) is 4.79 Å². The molecule has 1 aliphatic rings. The van der Waals surface area contributed by atoms with E-state index in [9.17, 15) is 14.4 Å². The molecule has 0 aliphatic carbocycles. The van der Waals surface area contributed by atoms with E-state index in [0.717, 1.165) is 27.8 Å². The number of nitrogens with zero attached hydrogens (tertiary/aromatic N) is 1. The summed E-state index contributed by atoms with van der Waals surface area (Å²) in [6, 6.07) is 63.9. The van der Waals surface area contributed by atoms with Crippen LogP contribution in [-0.4, -0.2) is 47.8 Å². The molecule has 0 aromatic heterocycles. The molecule has 0 saturated carbocycles. The van der Waals surface area contributed by atoms with Gasteiger partial charge >= 0.3 is 5.97 Å². The van der Waals surface area contributed by atoms with E-state index in [-0.39, 0.29) is 48.4 Å². The molecule has 9 rings (SSSR count). The maximum Gasteiger partial charge on any atom is 0.338 e. The molecular formula is C61H54N2O8. The fourth-order valence-corrected chi connectivity index (χ4v) is 8.47. The second kappa shape index (κ2) is 23.2. The summed E-state index contributed by atoms with van der Waals surface area (Å²) in [4.78, 5) is 44.8. The number of carbonyl (C=O) groups is 3. The quantitative estimate of drug-likeness (QED) is 0.0589. The average Bonchev–Trinajstić information content (AvgIpc) is 3.79. The molecule has 1 heterocycles. The number of benzene rings is 8. The van der Waals surface area contributed by atoms with E-state index < -0.39 is 18.1 Å². The molecule has 1 fully saturated rings. The minimum absolute atomic E-state index is 0.180. The van der Waals surface area contributed by atoms with E-state index in [1.807, 2.05) is 159 Å². The Hall–Kier alpha value is -8.47. The average molecular weight is 943 g/mol. The SMILES string of the molecule is Cc1c(OCc2ccccc2)cc(OCc2ccccc2)c(OCc2ccccc2)c1C(=O)c1ccc(C(=O)OC2CN(Cc3ccccc3)CC2NC(=O)c2ccc(OCc3ccccc3)cc2)cc1. The summed E-state index contributed by atoms with van der Waals surface area (Å²) in [6.45, 7) is 4.39. The highest BCUT2D eigenvalue weighted by Crippen LogP contribution is 2.42. The van der Waals surface area contributed by atoms with Crippen LogP contribution in [0.1, 0.15) is 70.0 Å². The Bertz CT molecular complexity index is 3010. The molecule has 356 valence electrons. The van der Waals surface area contributed by atoms with Crippen molar-refractivity contribution < 1.29 is 38.1 Å². The van der Waals surface area contributed by atoms with Gasteiger partial charge in [-0.3, -0.25) is 14.5 Å². The Morgan fingerprint density at radius 3 is 1.48 bits per heavy atom. The minimum Gasteiger partial charge on any atom is -0.489 e. The van der Waals surface area contributed by atoms with Gasteiger partial charge in [0.2, 0.25) is 0 Å². The number of ketones is 1. The minimum atomic E-state index is -0.662. The lowest BCUT2D eigenvalue weighted by molar-refractivity contribution is 0.0266. The van der Waals surface area contributed by atoms with Crippen molar-refractivity contribution >= 4 is 17.7 Å². The van der Waals surface area contributed by atoms with E-state index in [1.165, 1.54) is 0 Å². The predicted octanol–water partition coefficient (Wildman–Crippen LogP) is 11.4. The van der Waals surface area contributed by atoms with Gasteiger partial charge in [0.25, 0.3) is 5.91 Å². The van der Waals surface area contributed by atoms with E-state index in [2.05, 4.69) is 10.2 Å². The van der Waals surface area contributed by atoms with Crippen molar-refractivity contribution in [3.8, 4) is 23.0 Å². The topological polar surface area (TPSA) is 113 Å². The standard InChI is InChI=1S/C61H54N2O8/c1-43-54(68-40-46-21-11-4-12-22-46)35-55(69-41-47-23-13-5-14-24-47)59(70-42-48-25-15-6-16-26-48)57(43)58(64)49-27-29-51(30-28-49)61(66)71-56-38-63(36-44-17-7-2-8-18-44)37-53(56)62-60(65)50-31-33-52(34-32-50)67-39-45-19-9-3-10-20-45/h2-35,53,56H,36-42H2,1H3,(H,62,65). The number of amides is 1. The first-order valence-corrected chi connectivity index (χ1v) is 23.7. The number of carbonyl (C=O) groups excluding carboxylic acids is 3. The smallest absolute Gasteiger partial charge is 0.338 e. The summed E-state index contributed by atoms with van der Waals surface area (Å²) < 4.78 is 31.6. The summed E-state index contributed by atoms with van der Waals surface area (Å²) in [7, 11) is 0. The number of rotatable bonds is 20. The van der Waals surface area contributed by atoms with E-state index in [0.29, 0.717) is 60.2 Å². The molecule has 1 amide bonds. The normalized spacial score (nSPS) is 14.3. The summed E-state index contributed by atoms with van der Waals surface area (Å²) in [5.74, 6) is 0.538. The number of hydrogen-bond donors (Lipinski definition) is 1. The summed E-state index contributed by atoms with van der Waals surface area (Å²) >= 11 is 0. The molecule has 71 heavy (non-hydrogen) atoms. The molecule has 8 aromatic carbocycles. The zero-order chi connectivity index (χ0) is 48.8. The van der Waals surface area contributed by atoms with Crippen LogP contribution in [0.3, 0.4) is 0 Å². The number of hydrogen-bond acceptors (Lipinski definition) is 9. The molecular weight excluding hydrogens is 889 g/mol. The van der Waals surface area contributed by atoms with Crippen LogP contribution in [0.25, 0.3) is 0 Å². The molecule has 2 unspecified atom stereocenters. The van der Waals surface area contributed by atoms with Crippen LogP contribution in [0.2, 0.25) is 0 Å². The van der Waals surface area contributed by atoms with Gasteiger partial charge in [0.15, 0.2) is 17.3 Å². The molecule has 2 atom stereocenters. The van der Waals surface area contributed by atoms with Gasteiger partial charge in [-0.1, -0.05) is 164 Å². The molecule has 8 aromatic rings. The maximum atomic E-state index is 14.9. The van der Waals surface area contributed by atoms with E-state index in [4.69, 9.17) is 23.7 Å². The van der Waals surface area contributed by atoms with Crippen LogP contribution in [-0.2, 0) is 37.7 Å². The number of esters is 1. The van der Waals surface area contributed by atoms with Crippen LogP contribution < -0.4 is 24.3 Å². The maximum absolute atomic E-state index is 14.9. The zero-order valence-electron chi connectivity index (χ0n) is 39.4. The lowest BCUT2D eigenvalue weighted by Gasteiger charge is -2.21. The molecule has 1 saturated heterocycles. The molecule has 0 radical (unpaired) electrons. The molecule has 1 N–H and O–H groups in total. The fourth-order valence-electron chi connectivity index (χ4n) is 8.47. The third-order valence-electron chi connectivity index (χ3n) is 12.3. The van der Waals surface area contributed by atoms with Crippen LogP contribution in [0.4, 0.5) is 0 Å². The van der Waals surface area contributed by atoms with Crippen molar-refractivity contribution in [2.24, 2.45) is 0 Å². The monoisotopic (exact) mass is 942 g/mol. The summed E-state index contributed by atoms with van der Waals surface area (Å²) in [5, 5.41) is 3.14. The third kappa shape index (κ3) is 12.6. The van der Waals surface area contributed by atoms with E-state index in [1.54, 1.807) is 54.6 Å². The Balaban J connectivity index is 0.945.